The minimum Gasteiger partial charge on any atom is -0.340 e. The van der Waals surface area contributed by atoms with Gasteiger partial charge >= 0.3 is 0 Å². The molecule has 2 fully saturated rings. The second-order valence-corrected chi connectivity index (χ2v) is 8.82. The predicted octanol–water partition coefficient (Wildman–Crippen LogP) is 3.14. The smallest absolute Gasteiger partial charge is 0.247 e. The molecule has 1 saturated carbocycles. The van der Waals surface area contributed by atoms with E-state index in [1.165, 1.54) is 6.92 Å². The number of nitrogens with zero attached hydrogens (tertiary/aromatic N) is 5. The number of amides is 2. The molecule has 3 heterocycles. The van der Waals surface area contributed by atoms with Gasteiger partial charge in [-0.25, -0.2) is 14.4 Å². The van der Waals surface area contributed by atoms with Crippen LogP contribution in [0.2, 0.25) is 0 Å². The highest BCUT2D eigenvalue weighted by atomic mass is 19.1. The molecule has 0 radical (unpaired) electrons. The van der Waals surface area contributed by atoms with E-state index in [9.17, 15) is 14.0 Å². The first-order valence-corrected chi connectivity index (χ1v) is 10.9. The van der Waals surface area contributed by atoms with Crippen LogP contribution in [0.4, 0.5) is 16.2 Å². The Morgan fingerprint density at radius 2 is 2.00 bits per heavy atom. The van der Waals surface area contributed by atoms with E-state index in [2.05, 4.69) is 20.4 Å². The van der Waals surface area contributed by atoms with Crippen LogP contribution in [-0.4, -0.2) is 46.1 Å². The maximum Gasteiger partial charge on any atom is 0.247 e. The van der Waals surface area contributed by atoms with E-state index in [0.29, 0.717) is 25.5 Å². The van der Waals surface area contributed by atoms with Gasteiger partial charge in [0.2, 0.25) is 17.8 Å². The maximum absolute atomic E-state index is 14.0. The molecule has 1 saturated heterocycles. The molecule has 32 heavy (non-hydrogen) atoms. The Bertz CT molecular complexity index is 1070. The van der Waals surface area contributed by atoms with Gasteiger partial charge in [0.15, 0.2) is 11.6 Å². The lowest BCUT2D eigenvalue weighted by Gasteiger charge is -2.40. The van der Waals surface area contributed by atoms with Gasteiger partial charge in [-0.1, -0.05) is 30.3 Å². The van der Waals surface area contributed by atoms with Gasteiger partial charge in [-0.05, 0) is 30.2 Å². The minimum absolute atomic E-state index is 0.0572. The molecule has 5 rings (SSSR count). The SMILES string of the molecule is CC(=O)Nc1nc(N2CCC(C(=O)N3N=CCC3c3ccccc3)C3(CC3)C2)ncc1F. The number of carbonyl (C=O) groups is 2. The summed E-state index contributed by atoms with van der Waals surface area (Å²) in [5.74, 6) is -0.861. The summed E-state index contributed by atoms with van der Waals surface area (Å²) in [7, 11) is 0. The lowest BCUT2D eigenvalue weighted by molar-refractivity contribution is -0.140. The predicted molar refractivity (Wildman–Crippen MR) is 117 cm³/mol. The minimum atomic E-state index is -0.672. The number of nitrogens with one attached hydrogen (secondary N) is 1. The molecule has 2 atom stereocenters. The van der Waals surface area contributed by atoms with Crippen LogP contribution in [0, 0.1) is 17.2 Å². The summed E-state index contributed by atoms with van der Waals surface area (Å²) < 4.78 is 14.0. The fraction of sp³-hybridized carbons (Fsp3) is 0.435. The fourth-order valence-electron chi connectivity index (χ4n) is 4.89. The molecule has 9 heteroatoms. The van der Waals surface area contributed by atoms with E-state index in [-0.39, 0.29) is 29.1 Å². The van der Waals surface area contributed by atoms with Gasteiger partial charge in [-0.15, -0.1) is 0 Å². The van der Waals surface area contributed by atoms with Crippen molar-refractivity contribution >= 4 is 29.8 Å². The second kappa shape index (κ2) is 7.96. The summed E-state index contributed by atoms with van der Waals surface area (Å²) in [5.41, 5.74) is 0.950. The van der Waals surface area contributed by atoms with Crippen LogP contribution < -0.4 is 10.2 Å². The first-order chi connectivity index (χ1) is 15.5. The molecule has 1 aromatic carbocycles. The van der Waals surface area contributed by atoms with Gasteiger partial charge in [0, 0.05) is 38.6 Å². The van der Waals surface area contributed by atoms with Gasteiger partial charge in [0.1, 0.15) is 0 Å². The van der Waals surface area contributed by atoms with E-state index in [0.717, 1.165) is 31.0 Å². The summed E-state index contributed by atoms with van der Waals surface area (Å²) >= 11 is 0. The molecule has 2 unspecified atom stereocenters. The van der Waals surface area contributed by atoms with Crippen LogP contribution in [0.25, 0.3) is 0 Å². The third-order valence-electron chi connectivity index (χ3n) is 6.67. The van der Waals surface area contributed by atoms with Crippen molar-refractivity contribution in [3.63, 3.8) is 0 Å². The first-order valence-electron chi connectivity index (χ1n) is 10.9. The number of halogens is 1. The number of piperidine rings is 1. The highest BCUT2D eigenvalue weighted by Gasteiger charge is 2.57. The fourth-order valence-corrected chi connectivity index (χ4v) is 4.89. The van der Waals surface area contributed by atoms with Gasteiger partial charge in [0.25, 0.3) is 0 Å². The van der Waals surface area contributed by atoms with Crippen LogP contribution in [0.5, 0.6) is 0 Å². The lowest BCUT2D eigenvalue weighted by Crippen LogP contribution is -2.48. The molecule has 1 spiro atoms. The standard InChI is InChI=1S/C23H25FN6O2/c1-15(31)27-20-18(24)13-25-22(28-20)29-12-8-17(23(14-29)9-10-23)21(32)30-19(7-11-26-30)16-5-3-2-4-6-16/h2-6,11,13,17,19H,7-10,12,14H2,1H3,(H,25,27,28,31). The van der Waals surface area contributed by atoms with E-state index in [1.54, 1.807) is 5.01 Å². The Labute approximate surface area is 185 Å². The highest BCUT2D eigenvalue weighted by molar-refractivity contribution is 5.87. The van der Waals surface area contributed by atoms with Crippen molar-refractivity contribution in [1.82, 2.24) is 15.0 Å². The van der Waals surface area contributed by atoms with Crippen LogP contribution >= 0.6 is 0 Å². The van der Waals surface area contributed by atoms with Crippen LogP contribution in [0.3, 0.4) is 0 Å². The third-order valence-corrected chi connectivity index (χ3v) is 6.67. The van der Waals surface area contributed by atoms with Crippen LogP contribution in [0.15, 0.2) is 41.6 Å². The largest absolute Gasteiger partial charge is 0.340 e. The topological polar surface area (TPSA) is 90.8 Å². The van der Waals surface area contributed by atoms with Crippen LogP contribution in [0.1, 0.15) is 44.2 Å². The molecule has 3 aliphatic rings. The number of carbonyl (C=O) groups excluding carboxylic acids is 2. The van der Waals surface area contributed by atoms with Crippen molar-refractivity contribution in [2.24, 2.45) is 16.4 Å². The summed E-state index contributed by atoms with van der Waals surface area (Å²) in [6.07, 6.45) is 6.17. The quantitative estimate of drug-likeness (QED) is 0.795. The van der Waals surface area contributed by atoms with Gasteiger partial charge in [-0.2, -0.15) is 10.1 Å². The summed E-state index contributed by atoms with van der Waals surface area (Å²) in [6.45, 7) is 2.51. The number of aromatic nitrogens is 2. The number of hydrazone groups is 1. The number of hydrogen-bond acceptors (Lipinski definition) is 6. The van der Waals surface area contributed by atoms with Gasteiger partial charge in [-0.3, -0.25) is 9.59 Å². The molecule has 1 aromatic heterocycles. The van der Waals surface area contributed by atoms with Gasteiger partial charge < -0.3 is 10.2 Å². The molecule has 1 aliphatic carbocycles. The second-order valence-electron chi connectivity index (χ2n) is 8.82. The van der Waals surface area contributed by atoms with E-state index < -0.39 is 11.7 Å². The Balaban J connectivity index is 1.33. The van der Waals surface area contributed by atoms with Crippen molar-refractivity contribution in [2.45, 2.75) is 38.6 Å². The molecule has 1 N–H and O–H groups in total. The number of benzene rings is 1. The lowest BCUT2D eigenvalue weighted by atomic mass is 9.81. The van der Waals surface area contributed by atoms with Crippen molar-refractivity contribution in [3.8, 4) is 0 Å². The Kier molecular flexibility index (Phi) is 5.11. The average Bonchev–Trinajstić information content (AvgIpc) is 3.36. The summed E-state index contributed by atoms with van der Waals surface area (Å²) in [4.78, 5) is 35.2. The molecule has 0 bridgehead atoms. The maximum atomic E-state index is 14.0. The molecular formula is C23H25FN6O2. The van der Waals surface area contributed by atoms with Crippen molar-refractivity contribution < 1.29 is 14.0 Å². The van der Waals surface area contributed by atoms with Crippen molar-refractivity contribution in [2.75, 3.05) is 23.3 Å². The molecule has 8 nitrogen and oxygen atoms in total. The molecule has 166 valence electrons. The number of anilines is 2. The van der Waals surface area contributed by atoms with Crippen LogP contribution in [-0.2, 0) is 9.59 Å². The van der Waals surface area contributed by atoms with Crippen molar-refractivity contribution in [3.05, 3.63) is 47.9 Å². The molecular weight excluding hydrogens is 411 g/mol. The normalized spacial score (nSPS) is 23.4. The van der Waals surface area contributed by atoms with Crippen molar-refractivity contribution in [1.29, 1.82) is 0 Å². The third kappa shape index (κ3) is 3.72. The zero-order chi connectivity index (χ0) is 22.3. The highest BCUT2D eigenvalue weighted by Crippen LogP contribution is 2.57. The Morgan fingerprint density at radius 3 is 2.72 bits per heavy atom. The Morgan fingerprint density at radius 1 is 1.22 bits per heavy atom. The van der Waals surface area contributed by atoms with Gasteiger partial charge in [0.05, 0.1) is 12.2 Å². The van der Waals surface area contributed by atoms with E-state index >= 15 is 0 Å². The number of rotatable bonds is 4. The first kappa shape index (κ1) is 20.5. The summed E-state index contributed by atoms with van der Waals surface area (Å²) in [6, 6.07) is 9.94. The van der Waals surface area contributed by atoms with E-state index in [1.807, 2.05) is 41.4 Å². The number of hydrogen-bond donors (Lipinski definition) is 1. The molecule has 2 amide bonds. The monoisotopic (exact) mass is 436 g/mol. The van der Waals surface area contributed by atoms with E-state index in [4.69, 9.17) is 0 Å². The Hall–Kier alpha value is -3.36. The summed E-state index contributed by atoms with van der Waals surface area (Å²) in [5, 5.41) is 8.50. The average molecular weight is 436 g/mol. The molecule has 2 aromatic rings. The molecule has 2 aliphatic heterocycles. The zero-order valence-electron chi connectivity index (χ0n) is 17.9. The zero-order valence-corrected chi connectivity index (χ0v) is 17.9.